The highest BCUT2D eigenvalue weighted by Gasteiger charge is 2.22. The number of hydrogen-bond acceptors (Lipinski definition) is 8. The van der Waals surface area contributed by atoms with Crippen LogP contribution in [0.4, 0.5) is 0 Å². The first-order valence-electron chi connectivity index (χ1n) is 34.8. The molecule has 0 aliphatic rings. The molecule has 9 nitrogen and oxygen atoms in total. The minimum Gasteiger partial charge on any atom is -0.756 e. The second-order valence-corrected chi connectivity index (χ2v) is 25.2. The molecule has 0 rings (SSSR count). The molecule has 0 bridgehead atoms. The molecule has 0 aliphatic carbocycles. The first kappa shape index (κ1) is 83.4. The summed E-state index contributed by atoms with van der Waals surface area (Å²) >= 11 is 0. The Morgan fingerprint density at radius 2 is 0.648 bits per heavy atom. The van der Waals surface area contributed by atoms with Gasteiger partial charge in [-0.25, -0.2) is 0 Å². The first-order valence-corrected chi connectivity index (χ1v) is 36.3. The smallest absolute Gasteiger partial charge is 0.306 e. The van der Waals surface area contributed by atoms with Gasteiger partial charge in [-0.15, -0.1) is 0 Å². The van der Waals surface area contributed by atoms with Gasteiger partial charge in [-0.2, -0.15) is 0 Å². The summed E-state index contributed by atoms with van der Waals surface area (Å²) in [6, 6.07) is 0. The van der Waals surface area contributed by atoms with Crippen LogP contribution in [0, 0.1) is 0 Å². The lowest BCUT2D eigenvalue weighted by Gasteiger charge is -2.28. The number of likely N-dealkylation sites (N-methyl/N-ethyl adjacent to an activating group) is 1. The summed E-state index contributed by atoms with van der Waals surface area (Å²) < 4.78 is 34.2. The Labute approximate surface area is 540 Å². The Morgan fingerprint density at radius 1 is 0.364 bits per heavy atom. The number of esters is 2. The molecule has 0 saturated heterocycles. The number of quaternary nitrogens is 1. The van der Waals surface area contributed by atoms with Gasteiger partial charge in [0.05, 0.1) is 27.7 Å². The van der Waals surface area contributed by atoms with Gasteiger partial charge in [-0.05, 0) is 135 Å². The molecule has 2 unspecified atom stereocenters. The highest BCUT2D eigenvalue weighted by Crippen LogP contribution is 2.38. The summed E-state index contributed by atoms with van der Waals surface area (Å²) in [4.78, 5) is 38.0. The molecule has 498 valence electrons. The molecule has 0 aliphatic heterocycles. The quantitative estimate of drug-likeness (QED) is 0.0195. The molecular formula is C78H128NO8P. The standard InChI is InChI=1S/C78H128NO8P/c1-6-8-10-12-14-16-18-20-22-24-26-28-30-32-34-35-36-37-38-39-40-41-42-43-45-47-49-51-53-55-57-59-61-63-65-67-69-71-78(81)87-76(75-86-88(82,83)85-73-72-79(3,4)5)74-84-77(80)70-68-66-64-62-60-58-56-54-52-50-48-46-44-33-31-29-27-25-23-21-19-17-15-13-11-9-7-2/h8,10,14,16,19-22,25-28,31-34,36-37,39-40,42-43,47,49,53,55,59,61,76H,6-7,9,11-13,15,17-18,23-24,29-30,35,38,41,44-46,48,50-52,54,56-58,60,62-75H2,1-5H3/b10-8-,16-14-,21-19-,22-20-,27-25-,28-26-,33-31-,34-32-,37-36-,40-39-,43-42-,49-47-,55-53-,61-59-. The van der Waals surface area contributed by atoms with Crippen LogP contribution in [0.5, 0.6) is 0 Å². The van der Waals surface area contributed by atoms with Crippen LogP contribution >= 0.6 is 7.82 Å². The van der Waals surface area contributed by atoms with Crippen LogP contribution < -0.4 is 4.89 Å². The van der Waals surface area contributed by atoms with Crippen LogP contribution in [-0.2, 0) is 32.7 Å². The minimum atomic E-state index is -4.66. The number of ether oxygens (including phenoxy) is 2. The molecule has 0 N–H and O–H groups in total. The number of carbonyl (C=O) groups is 2. The molecular weight excluding hydrogens is 1110 g/mol. The van der Waals surface area contributed by atoms with E-state index in [0.717, 1.165) is 122 Å². The Bertz CT molecular complexity index is 2090. The Kier molecular flexibility index (Phi) is 63.3. The van der Waals surface area contributed by atoms with Crippen molar-refractivity contribution in [1.29, 1.82) is 0 Å². The molecule has 0 saturated carbocycles. The highest BCUT2D eigenvalue weighted by molar-refractivity contribution is 7.45. The van der Waals surface area contributed by atoms with Crippen molar-refractivity contribution in [2.45, 2.75) is 264 Å². The van der Waals surface area contributed by atoms with Crippen LogP contribution in [0.2, 0.25) is 0 Å². The number of phosphoric acid groups is 1. The fourth-order valence-corrected chi connectivity index (χ4v) is 9.63. The number of rotatable bonds is 62. The van der Waals surface area contributed by atoms with Gasteiger partial charge >= 0.3 is 11.9 Å². The Morgan fingerprint density at radius 3 is 0.977 bits per heavy atom. The van der Waals surface area contributed by atoms with Crippen LogP contribution in [0.1, 0.15) is 258 Å². The van der Waals surface area contributed by atoms with Gasteiger partial charge < -0.3 is 27.9 Å². The molecule has 0 fully saturated rings. The largest absolute Gasteiger partial charge is 0.756 e. The van der Waals surface area contributed by atoms with Crippen molar-refractivity contribution in [2.75, 3.05) is 47.5 Å². The van der Waals surface area contributed by atoms with Crippen molar-refractivity contribution in [2.24, 2.45) is 0 Å². The lowest BCUT2D eigenvalue weighted by molar-refractivity contribution is -0.870. The Balaban J connectivity index is 4.21. The monoisotopic (exact) mass is 1240 g/mol. The SMILES string of the molecule is CC/C=C\C/C=C\C/C=C\C/C=C\C/C=C\C/C=C\C/C=C\C/C=C\C/C=C\C/C=C\C/C=C\CCCCCC(=O)OC(COC(=O)CCCCCCCCCCCCCC/C=C\C/C=C\C/C=C\CCCCCCC)COP(=O)([O-])OCC[N+](C)(C)C. The maximum Gasteiger partial charge on any atom is 0.306 e. The molecule has 0 aromatic rings. The van der Waals surface area contributed by atoms with E-state index in [1.165, 1.54) is 96.3 Å². The van der Waals surface area contributed by atoms with Crippen molar-refractivity contribution < 1.29 is 42.1 Å². The first-order chi connectivity index (χ1) is 43.0. The summed E-state index contributed by atoms with van der Waals surface area (Å²) in [5.74, 6) is -0.883. The molecule has 0 radical (unpaired) electrons. The molecule has 0 amide bonds. The average Bonchev–Trinajstić information content (AvgIpc) is 3.68. The molecule has 10 heteroatoms. The van der Waals surface area contributed by atoms with Crippen molar-refractivity contribution in [1.82, 2.24) is 0 Å². The summed E-state index contributed by atoms with van der Waals surface area (Å²) in [6.45, 7) is 4.06. The van der Waals surface area contributed by atoms with Gasteiger partial charge in [0.2, 0.25) is 0 Å². The van der Waals surface area contributed by atoms with Crippen LogP contribution in [0.25, 0.3) is 0 Å². The predicted molar refractivity (Wildman–Crippen MR) is 378 cm³/mol. The van der Waals surface area contributed by atoms with Gasteiger partial charge in [0, 0.05) is 12.8 Å². The highest BCUT2D eigenvalue weighted by atomic mass is 31.2. The number of phosphoric ester groups is 1. The fourth-order valence-electron chi connectivity index (χ4n) is 8.90. The van der Waals surface area contributed by atoms with Gasteiger partial charge in [0.1, 0.15) is 19.8 Å². The maximum absolute atomic E-state index is 12.9. The number of hydrogen-bond donors (Lipinski definition) is 0. The number of nitrogens with zero attached hydrogens (tertiary/aromatic N) is 1. The molecule has 0 aromatic heterocycles. The van der Waals surface area contributed by atoms with E-state index in [2.05, 4.69) is 184 Å². The molecule has 2 atom stereocenters. The summed E-state index contributed by atoms with van der Waals surface area (Å²) in [5, 5.41) is 0. The second kappa shape index (κ2) is 66.8. The van der Waals surface area contributed by atoms with Crippen LogP contribution in [0.15, 0.2) is 170 Å². The maximum atomic E-state index is 12.9. The van der Waals surface area contributed by atoms with E-state index < -0.39 is 32.5 Å². The molecule has 0 spiro atoms. The molecule has 88 heavy (non-hydrogen) atoms. The van der Waals surface area contributed by atoms with Gasteiger partial charge in [-0.1, -0.05) is 280 Å². The minimum absolute atomic E-state index is 0.0471. The number of carbonyl (C=O) groups excluding carboxylic acids is 2. The lowest BCUT2D eigenvalue weighted by atomic mass is 10.0. The zero-order valence-corrected chi connectivity index (χ0v) is 57.5. The normalized spacial score (nSPS) is 14.2. The number of allylic oxidation sites excluding steroid dienone is 28. The zero-order chi connectivity index (χ0) is 64.1. The topological polar surface area (TPSA) is 111 Å². The Hall–Kier alpha value is -4.63. The molecule has 0 heterocycles. The van der Waals surface area contributed by atoms with E-state index >= 15 is 0 Å². The van der Waals surface area contributed by atoms with Crippen LogP contribution in [-0.4, -0.2) is 70.0 Å². The third kappa shape index (κ3) is 70.5. The average molecular weight is 1240 g/mol. The fraction of sp³-hybridized carbons (Fsp3) is 0.615. The third-order valence-electron chi connectivity index (χ3n) is 14.2. The van der Waals surface area contributed by atoms with E-state index in [1.54, 1.807) is 0 Å². The van der Waals surface area contributed by atoms with E-state index in [9.17, 15) is 19.0 Å². The summed E-state index contributed by atoms with van der Waals surface area (Å²) in [7, 11) is 1.12. The van der Waals surface area contributed by atoms with E-state index in [-0.39, 0.29) is 26.1 Å². The van der Waals surface area contributed by atoms with Gasteiger partial charge in [0.15, 0.2) is 6.10 Å². The second-order valence-electron chi connectivity index (χ2n) is 23.8. The predicted octanol–water partition coefficient (Wildman–Crippen LogP) is 22.3. The summed E-state index contributed by atoms with van der Waals surface area (Å²) in [6.07, 6.45) is 101. The van der Waals surface area contributed by atoms with Crippen molar-refractivity contribution in [3.05, 3.63) is 170 Å². The van der Waals surface area contributed by atoms with Crippen molar-refractivity contribution >= 4 is 19.8 Å². The van der Waals surface area contributed by atoms with Crippen molar-refractivity contribution in [3.63, 3.8) is 0 Å². The van der Waals surface area contributed by atoms with E-state index in [4.69, 9.17) is 18.5 Å². The van der Waals surface area contributed by atoms with E-state index in [1.807, 2.05) is 21.1 Å². The van der Waals surface area contributed by atoms with E-state index in [0.29, 0.717) is 23.9 Å². The third-order valence-corrected chi connectivity index (χ3v) is 15.2. The summed E-state index contributed by atoms with van der Waals surface area (Å²) in [5.41, 5.74) is 0. The van der Waals surface area contributed by atoms with Crippen LogP contribution in [0.3, 0.4) is 0 Å². The molecule has 0 aromatic carbocycles. The lowest BCUT2D eigenvalue weighted by Crippen LogP contribution is -2.37. The van der Waals surface area contributed by atoms with Crippen molar-refractivity contribution in [3.8, 4) is 0 Å². The zero-order valence-electron chi connectivity index (χ0n) is 56.6. The van der Waals surface area contributed by atoms with Gasteiger partial charge in [-0.3, -0.25) is 14.2 Å². The van der Waals surface area contributed by atoms with Gasteiger partial charge in [0.25, 0.3) is 7.82 Å². The number of unbranched alkanes of at least 4 members (excludes halogenated alkanes) is 20.